The van der Waals surface area contributed by atoms with Crippen LogP contribution in [0.25, 0.3) is 0 Å². The van der Waals surface area contributed by atoms with Crippen LogP contribution in [0, 0.1) is 0 Å². The Balaban J connectivity index is 1.76. The first-order chi connectivity index (χ1) is 16.8. The number of halogens is 1. The van der Waals surface area contributed by atoms with Crippen molar-refractivity contribution in [2.75, 3.05) is 6.61 Å². The highest BCUT2D eigenvalue weighted by Crippen LogP contribution is 2.46. The molecule has 0 aromatic heterocycles. The number of para-hydroxylation sites is 1. The van der Waals surface area contributed by atoms with Gasteiger partial charge in [0.2, 0.25) is 5.91 Å². The van der Waals surface area contributed by atoms with E-state index in [1.807, 2.05) is 0 Å². The van der Waals surface area contributed by atoms with Crippen molar-refractivity contribution in [2.45, 2.75) is 70.4 Å². The highest BCUT2D eigenvalue weighted by atomic mass is 31.2. The summed E-state index contributed by atoms with van der Waals surface area (Å²) in [5.41, 5.74) is -2.44. The number of alkyl halides is 1. The fraction of sp³-hybridized carbons (Fsp3) is 0.522. The van der Waals surface area contributed by atoms with Gasteiger partial charge in [0.05, 0.1) is 19.1 Å². The van der Waals surface area contributed by atoms with Crippen molar-refractivity contribution in [3.63, 3.8) is 0 Å². The molecule has 0 saturated carbocycles. The van der Waals surface area contributed by atoms with Crippen molar-refractivity contribution in [1.29, 1.82) is 0 Å². The van der Waals surface area contributed by atoms with E-state index in [1.165, 1.54) is 19.1 Å². The van der Waals surface area contributed by atoms with E-state index in [4.69, 9.17) is 18.5 Å². The van der Waals surface area contributed by atoms with Gasteiger partial charge in [-0.3, -0.25) is 23.8 Å². The summed E-state index contributed by atoms with van der Waals surface area (Å²) in [6.07, 6.45) is -3.37. The smallest absolute Gasteiger partial charge is 0.459 e. The lowest BCUT2D eigenvalue weighted by atomic mass is 9.97. The van der Waals surface area contributed by atoms with Crippen molar-refractivity contribution in [1.82, 2.24) is 9.99 Å². The maximum Gasteiger partial charge on any atom is 0.459 e. The van der Waals surface area contributed by atoms with E-state index >= 15 is 4.39 Å². The third-order valence-electron chi connectivity index (χ3n) is 5.44. The third kappa shape index (κ3) is 6.57. The number of aliphatic hydroxyl groups excluding tert-OH is 1. The summed E-state index contributed by atoms with van der Waals surface area (Å²) in [5, 5.41) is 13.1. The number of amides is 1. The van der Waals surface area contributed by atoms with Gasteiger partial charge in [-0.15, -0.1) is 0 Å². The van der Waals surface area contributed by atoms with Crippen molar-refractivity contribution in [3.8, 4) is 5.75 Å². The van der Waals surface area contributed by atoms with E-state index in [-0.39, 0.29) is 5.75 Å². The number of nitrogens with zero attached hydrogens (tertiary/aromatic N) is 1. The molecule has 11 nitrogen and oxygen atoms in total. The standard InChI is InChI=1S/C23H30FN2O9P/c1-14(2)33-21(30)15(3)25-36(31,35-17-8-6-5-7-9-17)32-13-18-20(29)23(4,24)22(34-18)26-11-10-16(27)12-19(26)28/h5-11,14-15,18,20,22,29H,12-13H2,1-4H3,(H,25,31)/t15-,18+,20?,22+,23+,36-/m0/s1. The molecule has 1 fully saturated rings. The molecule has 198 valence electrons. The fourth-order valence-electron chi connectivity index (χ4n) is 3.61. The molecule has 1 aromatic rings. The number of hydrogen-bond donors (Lipinski definition) is 2. The summed E-state index contributed by atoms with van der Waals surface area (Å²) in [7, 11) is -4.29. The molecular weight excluding hydrogens is 498 g/mol. The van der Waals surface area contributed by atoms with Crippen LogP contribution < -0.4 is 9.61 Å². The number of allylic oxidation sites excluding steroid dienone is 1. The number of benzene rings is 1. The first-order valence-corrected chi connectivity index (χ1v) is 12.9. The van der Waals surface area contributed by atoms with E-state index in [1.54, 1.807) is 32.0 Å². The Labute approximate surface area is 208 Å². The van der Waals surface area contributed by atoms with Crippen LogP contribution in [-0.2, 0) is 32.9 Å². The maximum atomic E-state index is 15.5. The van der Waals surface area contributed by atoms with Crippen LogP contribution in [-0.4, -0.2) is 70.5 Å². The maximum absolute atomic E-state index is 15.5. The number of ether oxygens (including phenoxy) is 2. The van der Waals surface area contributed by atoms with Crippen LogP contribution in [0.3, 0.4) is 0 Å². The second kappa shape index (κ2) is 11.2. The molecular formula is C23H30FN2O9P. The number of esters is 1. The van der Waals surface area contributed by atoms with Crippen LogP contribution in [0.15, 0.2) is 42.6 Å². The molecule has 13 heteroatoms. The number of rotatable bonds is 10. The Morgan fingerprint density at radius 1 is 1.31 bits per heavy atom. The largest absolute Gasteiger partial charge is 0.462 e. The summed E-state index contributed by atoms with van der Waals surface area (Å²) < 4.78 is 50.7. The quantitative estimate of drug-likeness (QED) is 0.264. The van der Waals surface area contributed by atoms with Gasteiger partial charge in [-0.05, 0) is 45.9 Å². The molecule has 0 aliphatic carbocycles. The predicted octanol–water partition coefficient (Wildman–Crippen LogP) is 2.25. The van der Waals surface area contributed by atoms with Crippen LogP contribution in [0.1, 0.15) is 34.1 Å². The molecule has 0 spiro atoms. The Morgan fingerprint density at radius 2 is 1.97 bits per heavy atom. The normalized spacial score (nSPS) is 28.8. The van der Waals surface area contributed by atoms with Gasteiger partial charge in [0.25, 0.3) is 0 Å². The second-order valence-electron chi connectivity index (χ2n) is 8.92. The summed E-state index contributed by atoms with van der Waals surface area (Å²) in [5.74, 6) is -1.68. The van der Waals surface area contributed by atoms with Crippen molar-refractivity contribution in [3.05, 3.63) is 42.6 Å². The number of carbonyl (C=O) groups excluding carboxylic acids is 3. The van der Waals surface area contributed by atoms with E-state index in [0.29, 0.717) is 0 Å². The molecule has 6 atom stereocenters. The monoisotopic (exact) mass is 528 g/mol. The number of nitrogens with one attached hydrogen (secondary N) is 1. The molecule has 1 saturated heterocycles. The molecule has 2 aliphatic heterocycles. The van der Waals surface area contributed by atoms with Gasteiger partial charge in [0, 0.05) is 6.20 Å². The van der Waals surface area contributed by atoms with Crippen molar-refractivity contribution < 1.29 is 47.0 Å². The van der Waals surface area contributed by atoms with E-state index in [2.05, 4.69) is 5.09 Å². The summed E-state index contributed by atoms with van der Waals surface area (Å²) in [6, 6.07) is 6.90. The van der Waals surface area contributed by atoms with E-state index in [9.17, 15) is 24.1 Å². The van der Waals surface area contributed by atoms with Gasteiger partial charge in [0.1, 0.15) is 24.0 Å². The average molecular weight is 528 g/mol. The van der Waals surface area contributed by atoms with Gasteiger partial charge in [-0.25, -0.2) is 8.96 Å². The lowest BCUT2D eigenvalue weighted by Gasteiger charge is -2.32. The summed E-state index contributed by atoms with van der Waals surface area (Å²) in [6.45, 7) is 5.14. The van der Waals surface area contributed by atoms with Crippen LogP contribution in [0.4, 0.5) is 4.39 Å². The fourth-order valence-corrected chi connectivity index (χ4v) is 5.11. The first-order valence-electron chi connectivity index (χ1n) is 11.3. The Bertz CT molecular complexity index is 1050. The lowest BCUT2D eigenvalue weighted by molar-refractivity contribution is -0.150. The molecule has 2 aliphatic rings. The Kier molecular flexibility index (Phi) is 8.68. The number of carbonyl (C=O) groups is 3. The van der Waals surface area contributed by atoms with Crippen molar-refractivity contribution >= 4 is 25.4 Å². The predicted molar refractivity (Wildman–Crippen MR) is 124 cm³/mol. The summed E-state index contributed by atoms with van der Waals surface area (Å²) in [4.78, 5) is 36.9. The van der Waals surface area contributed by atoms with Gasteiger partial charge in [0.15, 0.2) is 17.7 Å². The molecule has 0 radical (unpaired) electrons. The molecule has 2 N–H and O–H groups in total. The van der Waals surface area contributed by atoms with E-state index in [0.717, 1.165) is 24.1 Å². The van der Waals surface area contributed by atoms with Crippen LogP contribution in [0.5, 0.6) is 5.75 Å². The van der Waals surface area contributed by atoms with Crippen LogP contribution in [0.2, 0.25) is 0 Å². The number of hydrogen-bond acceptors (Lipinski definition) is 9. The highest BCUT2D eigenvalue weighted by Gasteiger charge is 2.57. The molecule has 2 heterocycles. The number of aliphatic hydroxyl groups is 1. The Hall–Kier alpha value is -2.63. The molecule has 1 aromatic carbocycles. The zero-order valence-corrected chi connectivity index (χ0v) is 21.2. The Morgan fingerprint density at radius 3 is 2.58 bits per heavy atom. The molecule has 1 amide bonds. The zero-order chi connectivity index (χ0) is 26.7. The minimum absolute atomic E-state index is 0.160. The summed E-state index contributed by atoms with van der Waals surface area (Å²) >= 11 is 0. The van der Waals surface area contributed by atoms with Crippen molar-refractivity contribution in [2.24, 2.45) is 0 Å². The van der Waals surface area contributed by atoms with Gasteiger partial charge < -0.3 is 19.1 Å². The van der Waals surface area contributed by atoms with Gasteiger partial charge in [-0.1, -0.05) is 18.2 Å². The highest BCUT2D eigenvalue weighted by molar-refractivity contribution is 7.52. The van der Waals surface area contributed by atoms with E-state index < -0.39 is 74.7 Å². The average Bonchev–Trinajstić information content (AvgIpc) is 3.01. The van der Waals surface area contributed by atoms with Gasteiger partial charge in [-0.2, -0.15) is 5.09 Å². The topological polar surface area (TPSA) is 141 Å². The molecule has 0 bridgehead atoms. The second-order valence-corrected chi connectivity index (χ2v) is 10.6. The minimum Gasteiger partial charge on any atom is -0.462 e. The van der Waals surface area contributed by atoms with Crippen LogP contribution >= 0.6 is 7.75 Å². The first kappa shape index (κ1) is 27.9. The molecule has 3 rings (SSSR count). The molecule has 1 unspecified atom stereocenters. The zero-order valence-electron chi connectivity index (χ0n) is 20.3. The molecule has 36 heavy (non-hydrogen) atoms. The van der Waals surface area contributed by atoms with Gasteiger partial charge >= 0.3 is 13.7 Å². The number of ketones is 1. The lowest BCUT2D eigenvalue weighted by Crippen LogP contribution is -2.51. The third-order valence-corrected chi connectivity index (χ3v) is 7.08. The SMILES string of the molecule is CC(C)OC(=O)[C@H](C)N[P@](=O)(OC[C@H]1O[C@@H](N2C=CC(=O)CC2=O)[C@](C)(F)C1O)Oc1ccccc1. The minimum atomic E-state index is -4.29.